The van der Waals surface area contributed by atoms with E-state index in [4.69, 9.17) is 10.8 Å². The summed E-state index contributed by atoms with van der Waals surface area (Å²) in [5, 5.41) is 1.04. The Balaban J connectivity index is 2.35. The molecule has 0 amide bonds. The molecule has 94 valence electrons. The van der Waals surface area contributed by atoms with Crippen molar-refractivity contribution in [3.63, 3.8) is 0 Å². The number of nitrogens with zero attached hydrogens (tertiary/aromatic N) is 1. The SMILES string of the molecule is Cc1c(-c2ccccc2)nc2ccccc2c1NN. The molecule has 0 bridgehead atoms. The number of rotatable bonds is 2. The number of hydrogen-bond donors (Lipinski definition) is 2. The molecule has 0 saturated heterocycles. The summed E-state index contributed by atoms with van der Waals surface area (Å²) in [6.07, 6.45) is 0. The number of nitrogens with one attached hydrogen (secondary N) is 1. The highest BCUT2D eigenvalue weighted by Crippen LogP contribution is 2.32. The molecule has 19 heavy (non-hydrogen) atoms. The molecular weight excluding hydrogens is 234 g/mol. The lowest BCUT2D eigenvalue weighted by Crippen LogP contribution is -2.10. The van der Waals surface area contributed by atoms with E-state index >= 15 is 0 Å². The lowest BCUT2D eigenvalue weighted by Gasteiger charge is -2.13. The summed E-state index contributed by atoms with van der Waals surface area (Å²) in [5.41, 5.74) is 7.81. The first-order valence-corrected chi connectivity index (χ1v) is 6.22. The Hall–Kier alpha value is -2.39. The normalized spacial score (nSPS) is 10.6. The highest BCUT2D eigenvalue weighted by Gasteiger charge is 2.11. The monoisotopic (exact) mass is 249 g/mol. The van der Waals surface area contributed by atoms with Crippen molar-refractivity contribution < 1.29 is 0 Å². The Morgan fingerprint density at radius 1 is 0.947 bits per heavy atom. The second kappa shape index (κ2) is 4.71. The Kier molecular flexibility index (Phi) is 2.89. The van der Waals surface area contributed by atoms with Crippen molar-refractivity contribution in [2.45, 2.75) is 6.92 Å². The minimum Gasteiger partial charge on any atom is -0.323 e. The van der Waals surface area contributed by atoms with Gasteiger partial charge in [-0.15, -0.1) is 0 Å². The summed E-state index contributed by atoms with van der Waals surface area (Å²) in [5.74, 6) is 5.69. The van der Waals surface area contributed by atoms with Gasteiger partial charge in [-0.3, -0.25) is 5.84 Å². The lowest BCUT2D eigenvalue weighted by molar-refractivity contribution is 1.28. The predicted octanol–water partition coefficient (Wildman–Crippen LogP) is 3.50. The standard InChI is InChI=1S/C16H15N3/c1-11-15(12-7-3-2-4-8-12)18-14-10-6-5-9-13(14)16(11)19-17/h2-10H,17H2,1H3,(H,18,19). The van der Waals surface area contributed by atoms with E-state index in [0.717, 1.165) is 33.4 Å². The Morgan fingerprint density at radius 3 is 2.37 bits per heavy atom. The molecule has 3 aromatic rings. The Labute approximate surface area is 112 Å². The van der Waals surface area contributed by atoms with Crippen LogP contribution < -0.4 is 11.3 Å². The van der Waals surface area contributed by atoms with Crippen LogP contribution in [0.3, 0.4) is 0 Å². The summed E-state index contributed by atoms with van der Waals surface area (Å²) in [6.45, 7) is 2.04. The summed E-state index contributed by atoms with van der Waals surface area (Å²) < 4.78 is 0. The zero-order valence-corrected chi connectivity index (χ0v) is 10.7. The lowest BCUT2D eigenvalue weighted by atomic mass is 10.0. The van der Waals surface area contributed by atoms with Crippen LogP contribution in [0.4, 0.5) is 5.69 Å². The van der Waals surface area contributed by atoms with E-state index in [1.165, 1.54) is 0 Å². The number of para-hydroxylation sites is 1. The van der Waals surface area contributed by atoms with Crippen molar-refractivity contribution in [2.75, 3.05) is 5.43 Å². The fourth-order valence-electron chi connectivity index (χ4n) is 2.37. The molecular formula is C16H15N3. The highest BCUT2D eigenvalue weighted by molar-refractivity contribution is 5.96. The first-order valence-electron chi connectivity index (χ1n) is 6.22. The number of nitrogens with two attached hydrogens (primary N) is 1. The molecule has 0 saturated carbocycles. The molecule has 0 aliphatic rings. The van der Waals surface area contributed by atoms with Crippen LogP contribution in [-0.4, -0.2) is 4.98 Å². The largest absolute Gasteiger partial charge is 0.323 e. The van der Waals surface area contributed by atoms with Crippen LogP contribution in [0.1, 0.15) is 5.56 Å². The molecule has 0 radical (unpaired) electrons. The van der Waals surface area contributed by atoms with Crippen LogP contribution in [0.25, 0.3) is 22.2 Å². The smallest absolute Gasteiger partial charge is 0.0759 e. The molecule has 0 aliphatic heterocycles. The third kappa shape index (κ3) is 1.94. The van der Waals surface area contributed by atoms with Crippen molar-refractivity contribution in [3.05, 3.63) is 60.2 Å². The quantitative estimate of drug-likeness (QED) is 0.540. The number of nitrogen functional groups attached to an aromatic ring is 1. The van der Waals surface area contributed by atoms with Gasteiger partial charge < -0.3 is 5.43 Å². The molecule has 0 fully saturated rings. The topological polar surface area (TPSA) is 50.9 Å². The van der Waals surface area contributed by atoms with Gasteiger partial charge in [-0.2, -0.15) is 0 Å². The van der Waals surface area contributed by atoms with Crippen LogP contribution >= 0.6 is 0 Å². The number of hydrazine groups is 1. The summed E-state index contributed by atoms with van der Waals surface area (Å²) in [4.78, 5) is 4.76. The van der Waals surface area contributed by atoms with E-state index in [-0.39, 0.29) is 0 Å². The van der Waals surface area contributed by atoms with Crippen molar-refractivity contribution in [2.24, 2.45) is 5.84 Å². The zero-order valence-electron chi connectivity index (χ0n) is 10.7. The van der Waals surface area contributed by atoms with E-state index in [1.807, 2.05) is 49.4 Å². The van der Waals surface area contributed by atoms with Gasteiger partial charge in [0.1, 0.15) is 0 Å². The fraction of sp³-hybridized carbons (Fsp3) is 0.0625. The van der Waals surface area contributed by atoms with Gasteiger partial charge in [-0.1, -0.05) is 48.5 Å². The minimum atomic E-state index is 0.935. The summed E-state index contributed by atoms with van der Waals surface area (Å²) in [7, 11) is 0. The van der Waals surface area contributed by atoms with Gasteiger partial charge in [0.25, 0.3) is 0 Å². The third-order valence-corrected chi connectivity index (χ3v) is 3.33. The Bertz CT molecular complexity index is 721. The number of benzene rings is 2. The molecule has 0 aliphatic carbocycles. The molecule has 3 heteroatoms. The summed E-state index contributed by atoms with van der Waals surface area (Å²) in [6, 6.07) is 18.2. The van der Waals surface area contributed by atoms with Gasteiger partial charge in [-0.25, -0.2) is 4.98 Å². The number of fused-ring (bicyclic) bond motifs is 1. The maximum atomic E-state index is 5.69. The van der Waals surface area contributed by atoms with E-state index in [0.29, 0.717) is 0 Å². The minimum absolute atomic E-state index is 0.935. The molecule has 3 rings (SSSR count). The molecule has 3 N–H and O–H groups in total. The van der Waals surface area contributed by atoms with Gasteiger partial charge in [-0.05, 0) is 13.0 Å². The van der Waals surface area contributed by atoms with E-state index in [9.17, 15) is 0 Å². The van der Waals surface area contributed by atoms with E-state index < -0.39 is 0 Å². The van der Waals surface area contributed by atoms with Crippen LogP contribution in [0.15, 0.2) is 54.6 Å². The third-order valence-electron chi connectivity index (χ3n) is 3.33. The second-order valence-electron chi connectivity index (χ2n) is 4.49. The zero-order chi connectivity index (χ0) is 13.2. The van der Waals surface area contributed by atoms with Crippen LogP contribution in [0.2, 0.25) is 0 Å². The van der Waals surface area contributed by atoms with Gasteiger partial charge in [0.2, 0.25) is 0 Å². The van der Waals surface area contributed by atoms with Crippen molar-refractivity contribution in [1.29, 1.82) is 0 Å². The molecule has 0 atom stereocenters. The van der Waals surface area contributed by atoms with E-state index in [1.54, 1.807) is 0 Å². The molecule has 2 aromatic carbocycles. The summed E-state index contributed by atoms with van der Waals surface area (Å²) >= 11 is 0. The van der Waals surface area contributed by atoms with E-state index in [2.05, 4.69) is 17.6 Å². The first-order chi connectivity index (χ1) is 9.31. The predicted molar refractivity (Wildman–Crippen MR) is 79.7 cm³/mol. The van der Waals surface area contributed by atoms with Gasteiger partial charge in [0.05, 0.1) is 16.9 Å². The number of anilines is 1. The molecule has 0 spiro atoms. The van der Waals surface area contributed by atoms with Crippen molar-refractivity contribution >= 4 is 16.6 Å². The van der Waals surface area contributed by atoms with Crippen LogP contribution in [-0.2, 0) is 0 Å². The van der Waals surface area contributed by atoms with Gasteiger partial charge >= 0.3 is 0 Å². The van der Waals surface area contributed by atoms with Crippen molar-refractivity contribution in [1.82, 2.24) is 4.98 Å². The van der Waals surface area contributed by atoms with Crippen molar-refractivity contribution in [3.8, 4) is 11.3 Å². The maximum Gasteiger partial charge on any atom is 0.0759 e. The average Bonchev–Trinajstić information content (AvgIpc) is 2.47. The van der Waals surface area contributed by atoms with Gasteiger partial charge in [0, 0.05) is 16.5 Å². The van der Waals surface area contributed by atoms with Crippen LogP contribution in [0, 0.1) is 6.92 Å². The molecule has 1 heterocycles. The van der Waals surface area contributed by atoms with Crippen LogP contribution in [0.5, 0.6) is 0 Å². The fourth-order valence-corrected chi connectivity index (χ4v) is 2.37. The Morgan fingerprint density at radius 2 is 1.63 bits per heavy atom. The maximum absolute atomic E-state index is 5.69. The second-order valence-corrected chi connectivity index (χ2v) is 4.49. The average molecular weight is 249 g/mol. The number of hydrogen-bond acceptors (Lipinski definition) is 3. The number of pyridine rings is 1. The molecule has 1 aromatic heterocycles. The highest BCUT2D eigenvalue weighted by atomic mass is 15.2. The molecule has 0 unspecified atom stereocenters. The van der Waals surface area contributed by atoms with Gasteiger partial charge in [0.15, 0.2) is 0 Å². The molecule has 3 nitrogen and oxygen atoms in total. The first kappa shape index (κ1) is 11.7. The number of aromatic nitrogens is 1.